The van der Waals surface area contributed by atoms with E-state index in [9.17, 15) is 22.8 Å². The van der Waals surface area contributed by atoms with Crippen LogP contribution in [0.15, 0.2) is 45.6 Å². The van der Waals surface area contributed by atoms with E-state index >= 15 is 0 Å². The van der Waals surface area contributed by atoms with E-state index in [4.69, 9.17) is 23.2 Å². The van der Waals surface area contributed by atoms with Gasteiger partial charge in [0.15, 0.2) is 5.69 Å². The summed E-state index contributed by atoms with van der Waals surface area (Å²) < 4.78 is 50.2. The molecule has 0 amide bonds. The van der Waals surface area contributed by atoms with E-state index in [1.165, 1.54) is 12.2 Å². The maximum atomic E-state index is 12.7. The van der Waals surface area contributed by atoms with E-state index in [2.05, 4.69) is 16.5 Å². The SMILES string of the molecule is C=C/C(Cl)=C(C[S+]([O-])c1nc(O)cc(C(F)(F)F)n1)\C(Cl)=C/C. The Morgan fingerprint density at radius 2 is 2.04 bits per heavy atom. The largest absolute Gasteiger partial charge is 0.609 e. The van der Waals surface area contributed by atoms with Crippen molar-refractivity contribution in [3.05, 3.63) is 46.1 Å². The molecular weight excluding hydrogens is 376 g/mol. The third kappa shape index (κ3) is 5.42. The van der Waals surface area contributed by atoms with Crippen LogP contribution in [0.25, 0.3) is 0 Å². The highest BCUT2D eigenvalue weighted by Gasteiger charge is 2.35. The highest BCUT2D eigenvalue weighted by atomic mass is 35.5. The van der Waals surface area contributed by atoms with Crippen LogP contribution >= 0.6 is 23.2 Å². The zero-order valence-electron chi connectivity index (χ0n) is 11.7. The Morgan fingerprint density at radius 3 is 2.52 bits per heavy atom. The highest BCUT2D eigenvalue weighted by molar-refractivity contribution is 7.91. The first-order chi connectivity index (χ1) is 10.6. The molecule has 4 nitrogen and oxygen atoms in total. The summed E-state index contributed by atoms with van der Waals surface area (Å²) in [5, 5.41) is 8.86. The van der Waals surface area contributed by atoms with Gasteiger partial charge in [-0.3, -0.25) is 0 Å². The van der Waals surface area contributed by atoms with Crippen molar-refractivity contribution in [3.8, 4) is 5.88 Å². The molecule has 10 heteroatoms. The zero-order valence-corrected chi connectivity index (χ0v) is 14.0. The van der Waals surface area contributed by atoms with Crippen LogP contribution in [0, 0.1) is 0 Å². The average Bonchev–Trinajstić information content (AvgIpc) is 2.49. The molecule has 23 heavy (non-hydrogen) atoms. The van der Waals surface area contributed by atoms with Crippen LogP contribution in [0.1, 0.15) is 12.6 Å². The number of hydrogen-bond acceptors (Lipinski definition) is 4. The van der Waals surface area contributed by atoms with Gasteiger partial charge in [-0.2, -0.15) is 18.2 Å². The molecule has 1 rings (SSSR count). The Hall–Kier alpha value is -1.22. The molecule has 1 atom stereocenters. The fourth-order valence-corrected chi connectivity index (χ4v) is 3.05. The van der Waals surface area contributed by atoms with Gasteiger partial charge in [0, 0.05) is 32.9 Å². The van der Waals surface area contributed by atoms with Crippen LogP contribution in [-0.2, 0) is 17.4 Å². The zero-order chi connectivity index (χ0) is 17.8. The second-order valence-electron chi connectivity index (χ2n) is 4.05. The van der Waals surface area contributed by atoms with Gasteiger partial charge in [-0.05, 0) is 6.92 Å². The van der Waals surface area contributed by atoms with E-state index < -0.39 is 34.1 Å². The second kappa shape index (κ2) is 8.05. The van der Waals surface area contributed by atoms with E-state index in [1.807, 2.05) is 0 Å². The van der Waals surface area contributed by atoms with Gasteiger partial charge in [-0.1, -0.05) is 41.9 Å². The maximum Gasteiger partial charge on any atom is 0.433 e. The number of rotatable bonds is 5. The van der Waals surface area contributed by atoms with E-state index in [1.54, 1.807) is 6.92 Å². The number of aromatic hydroxyl groups is 1. The van der Waals surface area contributed by atoms with Crippen molar-refractivity contribution < 1.29 is 22.8 Å². The lowest BCUT2D eigenvalue weighted by molar-refractivity contribution is -0.141. The lowest BCUT2D eigenvalue weighted by atomic mass is 10.2. The van der Waals surface area contributed by atoms with Crippen molar-refractivity contribution in [2.45, 2.75) is 18.3 Å². The van der Waals surface area contributed by atoms with Gasteiger partial charge in [0.2, 0.25) is 5.88 Å². The molecular formula is C13H11Cl2F3N2O2S. The van der Waals surface area contributed by atoms with Gasteiger partial charge < -0.3 is 9.66 Å². The summed E-state index contributed by atoms with van der Waals surface area (Å²) in [4.78, 5) is 6.54. The van der Waals surface area contributed by atoms with Gasteiger partial charge in [0.25, 0.3) is 0 Å². The molecule has 1 N–H and O–H groups in total. The van der Waals surface area contributed by atoms with Crippen molar-refractivity contribution in [3.63, 3.8) is 0 Å². The molecule has 1 aromatic heterocycles. The van der Waals surface area contributed by atoms with Crippen LogP contribution < -0.4 is 0 Å². The van der Waals surface area contributed by atoms with Gasteiger partial charge in [0.1, 0.15) is 5.75 Å². The Labute approximate surface area is 143 Å². The summed E-state index contributed by atoms with van der Waals surface area (Å²) in [5.41, 5.74) is -1.18. The number of hydrogen-bond donors (Lipinski definition) is 1. The molecule has 1 aromatic rings. The molecule has 0 saturated heterocycles. The van der Waals surface area contributed by atoms with Crippen molar-refractivity contribution in [2.24, 2.45) is 0 Å². The molecule has 0 aromatic carbocycles. The normalized spacial score (nSPS) is 15.2. The summed E-state index contributed by atoms with van der Waals surface area (Å²) in [6, 6.07) is 0.340. The molecule has 1 heterocycles. The lowest BCUT2D eigenvalue weighted by Crippen LogP contribution is -2.17. The highest BCUT2D eigenvalue weighted by Crippen LogP contribution is 2.31. The molecule has 1 unspecified atom stereocenters. The first kappa shape index (κ1) is 19.8. The van der Waals surface area contributed by atoms with E-state index in [-0.39, 0.29) is 21.4 Å². The standard InChI is InChI=1S/C13H11Cl2F3N2O2S/c1-3-8(14)7(9(15)4-2)6-23(22)12-19-10(13(16,17)18)5-11(21)20-12/h3-5H,1,6H2,2H3,(H,19,20,21)/b8-7+,9-4+. The first-order valence-electron chi connectivity index (χ1n) is 5.97. The molecule has 0 bridgehead atoms. The number of nitrogens with zero attached hydrogens (tertiary/aromatic N) is 2. The lowest BCUT2D eigenvalue weighted by Gasteiger charge is -2.13. The maximum absolute atomic E-state index is 12.7. The minimum Gasteiger partial charge on any atom is -0.609 e. The van der Waals surface area contributed by atoms with Gasteiger partial charge >= 0.3 is 11.3 Å². The predicted molar refractivity (Wildman–Crippen MR) is 82.7 cm³/mol. The van der Waals surface area contributed by atoms with Crippen molar-refractivity contribution in [2.75, 3.05) is 5.75 Å². The predicted octanol–water partition coefficient (Wildman–Crippen LogP) is 4.13. The van der Waals surface area contributed by atoms with Crippen LogP contribution in [-0.4, -0.2) is 25.4 Å². The third-order valence-electron chi connectivity index (χ3n) is 2.47. The quantitative estimate of drug-likeness (QED) is 0.469. The molecule has 126 valence electrons. The van der Waals surface area contributed by atoms with Crippen LogP contribution in [0.5, 0.6) is 5.88 Å². The van der Waals surface area contributed by atoms with E-state index in [0.717, 1.165) is 0 Å². The summed E-state index contributed by atoms with van der Waals surface area (Å²) in [7, 11) is 0. The fourth-order valence-electron chi connectivity index (χ4n) is 1.40. The molecule has 0 aliphatic carbocycles. The van der Waals surface area contributed by atoms with Crippen molar-refractivity contribution in [1.29, 1.82) is 0 Å². The number of aromatic nitrogens is 2. The van der Waals surface area contributed by atoms with Gasteiger partial charge in [-0.15, -0.1) is 4.98 Å². The molecule has 0 fully saturated rings. The molecule has 0 spiro atoms. The Balaban J connectivity index is 3.22. The minimum atomic E-state index is -4.81. The number of allylic oxidation sites excluding steroid dienone is 4. The average molecular weight is 387 g/mol. The van der Waals surface area contributed by atoms with Crippen LogP contribution in [0.2, 0.25) is 0 Å². The van der Waals surface area contributed by atoms with Crippen LogP contribution in [0.4, 0.5) is 13.2 Å². The molecule has 0 radical (unpaired) electrons. The molecule has 0 saturated carbocycles. The van der Waals surface area contributed by atoms with Crippen LogP contribution in [0.3, 0.4) is 0 Å². The Morgan fingerprint density at radius 1 is 1.43 bits per heavy atom. The van der Waals surface area contributed by atoms with E-state index in [0.29, 0.717) is 6.07 Å². The Kier molecular flexibility index (Phi) is 6.94. The van der Waals surface area contributed by atoms with Crippen molar-refractivity contribution >= 4 is 34.4 Å². The number of alkyl halides is 3. The second-order valence-corrected chi connectivity index (χ2v) is 6.21. The van der Waals surface area contributed by atoms with Gasteiger partial charge in [0.05, 0.1) is 0 Å². The molecule has 0 aliphatic rings. The monoisotopic (exact) mass is 386 g/mol. The topological polar surface area (TPSA) is 69.1 Å². The third-order valence-corrected chi connectivity index (χ3v) is 4.44. The molecule has 0 aliphatic heterocycles. The number of halogens is 5. The summed E-state index contributed by atoms with van der Waals surface area (Å²) in [6.45, 7) is 5.05. The summed E-state index contributed by atoms with van der Waals surface area (Å²) >= 11 is 9.73. The smallest absolute Gasteiger partial charge is 0.433 e. The minimum absolute atomic E-state index is 0.0950. The Bertz CT molecular complexity index is 663. The summed E-state index contributed by atoms with van der Waals surface area (Å²) in [5.74, 6) is -1.28. The van der Waals surface area contributed by atoms with Gasteiger partial charge in [-0.25, -0.2) is 0 Å². The van der Waals surface area contributed by atoms with Crippen molar-refractivity contribution in [1.82, 2.24) is 9.97 Å². The fraction of sp³-hybridized carbons (Fsp3) is 0.231. The first-order valence-corrected chi connectivity index (χ1v) is 8.04. The summed E-state index contributed by atoms with van der Waals surface area (Å²) in [6.07, 6.45) is -2.08.